The highest BCUT2D eigenvalue weighted by atomic mass is 16.5. The van der Waals surface area contributed by atoms with Crippen LogP contribution in [0.3, 0.4) is 0 Å². The van der Waals surface area contributed by atoms with Gasteiger partial charge in [-0.05, 0) is 13.0 Å². The van der Waals surface area contributed by atoms with Gasteiger partial charge in [-0.3, -0.25) is 0 Å². The molecule has 0 aliphatic heterocycles. The first-order valence-electron chi connectivity index (χ1n) is 3.90. The number of ether oxygens (including phenoxy) is 1. The van der Waals surface area contributed by atoms with Gasteiger partial charge in [0.05, 0.1) is 12.2 Å². The minimum Gasteiger partial charge on any atom is -0.462 e. The molecule has 0 aliphatic carbocycles. The fourth-order valence-electron chi connectivity index (χ4n) is 0.910. The number of carbonyl (C=O) groups excluding carboxylic acids is 1. The number of hydrogen-bond donors (Lipinski definition) is 0. The molecule has 4 heteroatoms. The molecule has 1 aromatic carbocycles. The predicted octanol–water partition coefficient (Wildman–Crippen LogP) is 2.35. The highest BCUT2D eigenvalue weighted by Gasteiger charge is 2.11. The molecule has 4 nitrogen and oxygen atoms in total. The van der Waals surface area contributed by atoms with Gasteiger partial charge in [0.25, 0.3) is 0 Å². The predicted molar refractivity (Wildman–Crippen MR) is 47.1 cm³/mol. The minimum absolute atomic E-state index is 0.333. The van der Waals surface area contributed by atoms with Crippen LogP contribution in [0.25, 0.3) is 4.98 Å². The molecule has 0 bridgehead atoms. The summed E-state index contributed by atoms with van der Waals surface area (Å²) in [7, 11) is 0. The van der Waals surface area contributed by atoms with E-state index >= 15 is 0 Å². The molecule has 0 aromatic heterocycles. The summed E-state index contributed by atoms with van der Waals surface area (Å²) in [6.45, 7) is 2.07. The molecule has 0 atom stereocenters. The lowest BCUT2D eigenvalue weighted by Gasteiger charge is -1.98. The lowest BCUT2D eigenvalue weighted by atomic mass is 10.2. The second kappa shape index (κ2) is 4.21. The zero-order valence-electron chi connectivity index (χ0n) is 7.23. The van der Waals surface area contributed by atoms with E-state index in [1.807, 2.05) is 0 Å². The van der Waals surface area contributed by atoms with E-state index in [0.717, 1.165) is 0 Å². The van der Waals surface area contributed by atoms with Gasteiger partial charge < -0.3 is 4.74 Å². The molecule has 1 aromatic rings. The van der Waals surface area contributed by atoms with Gasteiger partial charge in [-0.15, -0.1) is 0 Å². The first-order chi connectivity index (χ1) is 6.27. The highest BCUT2D eigenvalue weighted by molar-refractivity contribution is 5.90. The molecular weight excluding hydrogens is 168 g/mol. The number of benzene rings is 1. The topological polar surface area (TPSA) is 54.5 Å². The maximum Gasteiger partial charge on any atom is 0.385 e. The Labute approximate surface area is 75.8 Å². The number of hydrogen-bond acceptors (Lipinski definition) is 3. The number of esters is 1. The van der Waals surface area contributed by atoms with Crippen LogP contribution in [0, 0.1) is 5.39 Å². The van der Waals surface area contributed by atoms with Gasteiger partial charge in [-0.25, -0.2) is 4.79 Å². The molecule has 0 aliphatic rings. The third-order valence-corrected chi connectivity index (χ3v) is 1.47. The number of diazo groups is 1. The van der Waals surface area contributed by atoms with Crippen LogP contribution in [-0.2, 0) is 4.74 Å². The van der Waals surface area contributed by atoms with Crippen LogP contribution >= 0.6 is 0 Å². The molecule has 0 heterocycles. The zero-order valence-corrected chi connectivity index (χ0v) is 7.23. The third kappa shape index (κ3) is 2.27. The second-order valence-electron chi connectivity index (χ2n) is 2.37. The highest BCUT2D eigenvalue weighted by Crippen LogP contribution is 2.14. The first kappa shape index (κ1) is 9.20. The summed E-state index contributed by atoms with van der Waals surface area (Å²) >= 11 is 0. The van der Waals surface area contributed by atoms with Crippen LogP contribution in [0.2, 0.25) is 0 Å². The molecule has 0 radical (unpaired) electrons. The van der Waals surface area contributed by atoms with Gasteiger partial charge >= 0.3 is 11.7 Å². The van der Waals surface area contributed by atoms with Crippen molar-refractivity contribution in [3.63, 3.8) is 0 Å². The molecule has 0 N–H and O–H groups in total. The Hall–Kier alpha value is -1.89. The molecule has 66 valence electrons. The summed E-state index contributed by atoms with van der Waals surface area (Å²) in [6, 6.07) is 6.27. The fourth-order valence-corrected chi connectivity index (χ4v) is 0.910. The van der Waals surface area contributed by atoms with Gasteiger partial charge in [0, 0.05) is 12.1 Å². The van der Waals surface area contributed by atoms with Crippen molar-refractivity contribution in [2.45, 2.75) is 6.92 Å². The smallest absolute Gasteiger partial charge is 0.385 e. The Kier molecular flexibility index (Phi) is 2.98. The molecule has 0 fully saturated rings. The maximum atomic E-state index is 11.2. The summed E-state index contributed by atoms with van der Waals surface area (Å²) in [4.78, 5) is 14.1. The van der Waals surface area contributed by atoms with Crippen molar-refractivity contribution >= 4 is 11.7 Å². The van der Waals surface area contributed by atoms with Crippen LogP contribution in [0.1, 0.15) is 17.3 Å². The third-order valence-electron chi connectivity index (χ3n) is 1.47. The van der Waals surface area contributed by atoms with Gasteiger partial charge in [-0.1, -0.05) is 6.07 Å². The molecule has 13 heavy (non-hydrogen) atoms. The summed E-state index contributed by atoms with van der Waals surface area (Å²) < 4.78 is 4.77. The van der Waals surface area contributed by atoms with Crippen LogP contribution in [0.4, 0.5) is 5.69 Å². The van der Waals surface area contributed by atoms with E-state index < -0.39 is 5.97 Å². The van der Waals surface area contributed by atoms with E-state index in [4.69, 9.17) is 10.1 Å². The van der Waals surface area contributed by atoms with Crippen molar-refractivity contribution in [1.82, 2.24) is 0 Å². The Morgan fingerprint density at radius 1 is 1.62 bits per heavy atom. The molecule has 0 amide bonds. The Bertz CT molecular complexity index is 355. The van der Waals surface area contributed by atoms with Crippen molar-refractivity contribution in [2.75, 3.05) is 6.61 Å². The van der Waals surface area contributed by atoms with Crippen molar-refractivity contribution in [3.8, 4) is 0 Å². The number of carbonyl (C=O) groups is 1. The Morgan fingerprint density at radius 3 is 3.00 bits per heavy atom. The Balaban J connectivity index is 2.90. The monoisotopic (exact) mass is 177 g/mol. The van der Waals surface area contributed by atoms with Crippen molar-refractivity contribution < 1.29 is 9.53 Å². The van der Waals surface area contributed by atoms with E-state index in [2.05, 4.69) is 4.98 Å². The zero-order chi connectivity index (χ0) is 9.68. The van der Waals surface area contributed by atoms with E-state index in [1.165, 1.54) is 6.07 Å². The number of rotatable bonds is 2. The van der Waals surface area contributed by atoms with E-state index in [-0.39, 0.29) is 0 Å². The van der Waals surface area contributed by atoms with E-state index in [9.17, 15) is 4.79 Å². The SMILES string of the molecule is CCOC(=O)c1cccc([N+]#N)c1. The molecule has 1 rings (SSSR count). The number of nitrogens with zero attached hydrogens (tertiary/aromatic N) is 2. The van der Waals surface area contributed by atoms with Crippen LogP contribution in [-0.4, -0.2) is 12.6 Å². The summed E-state index contributed by atoms with van der Waals surface area (Å²) in [5.74, 6) is -0.409. The maximum absolute atomic E-state index is 11.2. The quantitative estimate of drug-likeness (QED) is 0.514. The van der Waals surface area contributed by atoms with Crippen molar-refractivity contribution in [2.24, 2.45) is 0 Å². The normalized spacial score (nSPS) is 8.92. The van der Waals surface area contributed by atoms with Gasteiger partial charge in [0.15, 0.2) is 4.98 Å². The molecular formula is C9H9N2O2+. The Morgan fingerprint density at radius 2 is 2.38 bits per heavy atom. The average molecular weight is 177 g/mol. The second-order valence-corrected chi connectivity index (χ2v) is 2.37. The van der Waals surface area contributed by atoms with Crippen LogP contribution < -0.4 is 0 Å². The van der Waals surface area contributed by atoms with Gasteiger partial charge in [0.2, 0.25) is 5.39 Å². The first-order valence-corrected chi connectivity index (χ1v) is 3.90. The molecule has 0 saturated carbocycles. The van der Waals surface area contributed by atoms with Gasteiger partial charge in [0.1, 0.15) is 0 Å². The van der Waals surface area contributed by atoms with Crippen LogP contribution in [0.15, 0.2) is 24.3 Å². The summed E-state index contributed by atoms with van der Waals surface area (Å²) in [5.41, 5.74) is 0.725. The minimum atomic E-state index is -0.409. The van der Waals surface area contributed by atoms with E-state index in [1.54, 1.807) is 25.1 Å². The largest absolute Gasteiger partial charge is 0.462 e. The lowest BCUT2D eigenvalue weighted by Crippen LogP contribution is -2.03. The standard InChI is InChI=1S/C9H9N2O2/c1-2-13-9(12)7-4-3-5-8(6-7)11-10/h3-6H,2H2,1H3/q+1. The van der Waals surface area contributed by atoms with E-state index in [0.29, 0.717) is 17.9 Å². The molecule has 0 saturated heterocycles. The fraction of sp³-hybridized carbons (Fsp3) is 0.222. The van der Waals surface area contributed by atoms with Crippen molar-refractivity contribution in [3.05, 3.63) is 34.8 Å². The summed E-state index contributed by atoms with van der Waals surface area (Å²) in [5, 5.41) is 8.45. The lowest BCUT2D eigenvalue weighted by molar-refractivity contribution is 0.0526. The van der Waals surface area contributed by atoms with Gasteiger partial charge in [-0.2, -0.15) is 0 Å². The van der Waals surface area contributed by atoms with Crippen molar-refractivity contribution in [1.29, 1.82) is 5.39 Å². The summed E-state index contributed by atoms with van der Waals surface area (Å²) in [6.07, 6.45) is 0. The molecule has 0 spiro atoms. The van der Waals surface area contributed by atoms with Crippen LogP contribution in [0.5, 0.6) is 0 Å². The molecule has 0 unspecified atom stereocenters. The average Bonchev–Trinajstić information content (AvgIpc) is 2.18.